The number of aromatic nitrogens is 2. The first-order valence-electron chi connectivity index (χ1n) is 11.3. The van der Waals surface area contributed by atoms with Gasteiger partial charge in [-0.1, -0.05) is 6.07 Å². The molecule has 0 saturated carbocycles. The average Bonchev–Trinajstić information content (AvgIpc) is 3.22. The van der Waals surface area contributed by atoms with Crippen molar-refractivity contribution in [2.45, 2.75) is 65.2 Å². The Morgan fingerprint density at radius 1 is 1.27 bits per heavy atom. The zero-order chi connectivity index (χ0) is 23.9. The van der Waals surface area contributed by atoms with Gasteiger partial charge in [0, 0.05) is 22.9 Å². The molecule has 1 fully saturated rings. The summed E-state index contributed by atoms with van der Waals surface area (Å²) in [6.07, 6.45) is 1.79. The molecule has 1 aliphatic heterocycles. The molecule has 3 aromatic rings. The molecule has 33 heavy (non-hydrogen) atoms. The predicted octanol–water partition coefficient (Wildman–Crippen LogP) is 4.14. The van der Waals surface area contributed by atoms with Crippen LogP contribution in [0.4, 0.5) is 0 Å². The van der Waals surface area contributed by atoms with Gasteiger partial charge in [-0.15, -0.1) is 0 Å². The fourth-order valence-electron chi connectivity index (χ4n) is 4.74. The van der Waals surface area contributed by atoms with E-state index in [1.54, 1.807) is 6.92 Å². The number of fused-ring (bicyclic) bond motifs is 1. The van der Waals surface area contributed by atoms with Gasteiger partial charge < -0.3 is 24.1 Å². The smallest absolute Gasteiger partial charge is 0.339 e. The van der Waals surface area contributed by atoms with Crippen LogP contribution in [0.2, 0.25) is 0 Å². The molecule has 0 spiro atoms. The standard InChI is InChI=1S/C25H31N3O5/c1-14-21(23(24(30)31)33-25(3,4)5)28(17-8-10-26-11-9-17)15(2)20(22(14)29)16-6-7-18-19(12-16)32-13-27-18/h6-7,12-13,17,23,26H,8-11H2,1-5H3,(H,30,31). The first kappa shape index (κ1) is 23.2. The van der Waals surface area contributed by atoms with Crippen molar-refractivity contribution in [3.05, 3.63) is 51.8 Å². The number of nitrogens with zero attached hydrogens (tertiary/aromatic N) is 2. The van der Waals surface area contributed by atoms with E-state index in [1.165, 1.54) is 6.39 Å². The number of benzene rings is 1. The number of rotatable bonds is 5. The third-order valence-corrected chi connectivity index (χ3v) is 6.17. The van der Waals surface area contributed by atoms with Gasteiger partial charge in [0.15, 0.2) is 23.5 Å². The Hall–Kier alpha value is -2.97. The first-order valence-corrected chi connectivity index (χ1v) is 11.3. The van der Waals surface area contributed by atoms with Crippen molar-refractivity contribution in [2.24, 2.45) is 0 Å². The Bertz CT molecular complexity index is 1250. The predicted molar refractivity (Wildman–Crippen MR) is 126 cm³/mol. The number of pyridine rings is 1. The molecule has 0 aliphatic carbocycles. The maximum absolute atomic E-state index is 13.7. The van der Waals surface area contributed by atoms with Crippen molar-refractivity contribution in [1.29, 1.82) is 0 Å². The third-order valence-electron chi connectivity index (χ3n) is 6.17. The van der Waals surface area contributed by atoms with Gasteiger partial charge in [0.2, 0.25) is 0 Å². The van der Waals surface area contributed by atoms with E-state index in [0.717, 1.165) is 37.2 Å². The third kappa shape index (κ3) is 4.45. The minimum atomic E-state index is -1.25. The van der Waals surface area contributed by atoms with E-state index in [9.17, 15) is 14.7 Å². The maximum Gasteiger partial charge on any atom is 0.339 e. The zero-order valence-electron chi connectivity index (χ0n) is 19.8. The number of hydrogen-bond donors (Lipinski definition) is 2. The molecule has 176 valence electrons. The van der Waals surface area contributed by atoms with Crippen LogP contribution in [0, 0.1) is 13.8 Å². The van der Waals surface area contributed by atoms with Crippen LogP contribution in [0.1, 0.15) is 62.7 Å². The van der Waals surface area contributed by atoms with Crippen LogP contribution >= 0.6 is 0 Å². The average molecular weight is 454 g/mol. The molecule has 1 aromatic carbocycles. The number of ether oxygens (including phenoxy) is 1. The fraction of sp³-hybridized carbons (Fsp3) is 0.480. The summed E-state index contributed by atoms with van der Waals surface area (Å²) in [5, 5.41) is 13.5. The number of aliphatic carboxylic acids is 1. The van der Waals surface area contributed by atoms with Gasteiger partial charge in [0.05, 0.1) is 11.3 Å². The normalized spacial score (nSPS) is 16.3. The highest BCUT2D eigenvalue weighted by Gasteiger charge is 2.35. The van der Waals surface area contributed by atoms with Crippen molar-refractivity contribution in [2.75, 3.05) is 13.1 Å². The fourth-order valence-corrected chi connectivity index (χ4v) is 4.74. The molecular weight excluding hydrogens is 422 g/mol. The molecule has 8 heteroatoms. The lowest BCUT2D eigenvalue weighted by atomic mass is 9.94. The second kappa shape index (κ2) is 8.76. The molecule has 2 aromatic heterocycles. The Kier molecular flexibility index (Phi) is 6.16. The van der Waals surface area contributed by atoms with Crippen LogP contribution in [0.5, 0.6) is 0 Å². The number of nitrogens with one attached hydrogen (secondary N) is 1. The second-order valence-corrected chi connectivity index (χ2v) is 9.63. The molecule has 4 rings (SSSR count). The Labute approximate surface area is 192 Å². The highest BCUT2D eigenvalue weighted by atomic mass is 16.5. The van der Waals surface area contributed by atoms with E-state index in [1.807, 2.05) is 50.5 Å². The van der Waals surface area contributed by atoms with Crippen LogP contribution < -0.4 is 10.7 Å². The van der Waals surface area contributed by atoms with Crippen molar-refractivity contribution >= 4 is 17.1 Å². The lowest BCUT2D eigenvalue weighted by Crippen LogP contribution is -2.37. The van der Waals surface area contributed by atoms with E-state index in [-0.39, 0.29) is 11.5 Å². The van der Waals surface area contributed by atoms with Crippen LogP contribution in [-0.2, 0) is 9.53 Å². The Morgan fingerprint density at radius 2 is 1.97 bits per heavy atom. The summed E-state index contributed by atoms with van der Waals surface area (Å²) in [6, 6.07) is 5.56. The number of oxazole rings is 1. The summed E-state index contributed by atoms with van der Waals surface area (Å²) in [5.41, 5.74) is 3.24. The Morgan fingerprint density at radius 3 is 2.61 bits per heavy atom. The van der Waals surface area contributed by atoms with Gasteiger partial charge >= 0.3 is 5.97 Å². The molecule has 1 aliphatic rings. The molecule has 0 amide bonds. The van der Waals surface area contributed by atoms with E-state index in [0.29, 0.717) is 27.9 Å². The van der Waals surface area contributed by atoms with Crippen LogP contribution in [0.15, 0.2) is 33.8 Å². The molecule has 1 saturated heterocycles. The molecule has 2 N–H and O–H groups in total. The SMILES string of the molecule is Cc1c(C(OC(C)(C)C)C(=O)O)n(C2CCNCC2)c(C)c(-c2ccc3ncoc3c2)c1=O. The molecular formula is C25H31N3O5. The van der Waals surface area contributed by atoms with Gasteiger partial charge in [-0.3, -0.25) is 4.79 Å². The van der Waals surface area contributed by atoms with Crippen molar-refractivity contribution in [3.8, 4) is 11.1 Å². The number of carbonyl (C=O) groups is 1. The molecule has 1 unspecified atom stereocenters. The summed E-state index contributed by atoms with van der Waals surface area (Å²) < 4.78 is 13.5. The summed E-state index contributed by atoms with van der Waals surface area (Å²) in [4.78, 5) is 30.2. The summed E-state index contributed by atoms with van der Waals surface area (Å²) in [6.45, 7) is 10.7. The number of piperidine rings is 1. The number of carboxylic acids is 1. The molecule has 8 nitrogen and oxygen atoms in total. The number of carboxylic acid groups (broad SMARTS) is 1. The molecule has 3 heterocycles. The van der Waals surface area contributed by atoms with E-state index >= 15 is 0 Å². The minimum absolute atomic E-state index is 0.0544. The summed E-state index contributed by atoms with van der Waals surface area (Å²) in [5.74, 6) is -1.11. The van der Waals surface area contributed by atoms with E-state index in [2.05, 4.69) is 10.3 Å². The van der Waals surface area contributed by atoms with Gasteiger partial charge in [-0.05, 0) is 78.2 Å². The van der Waals surface area contributed by atoms with E-state index in [4.69, 9.17) is 9.15 Å². The molecule has 1 atom stereocenters. The molecule has 0 bridgehead atoms. The van der Waals surface area contributed by atoms with Crippen LogP contribution in [-0.4, -0.2) is 39.3 Å². The lowest BCUT2D eigenvalue weighted by Gasteiger charge is -2.35. The van der Waals surface area contributed by atoms with Crippen molar-refractivity contribution in [1.82, 2.24) is 14.9 Å². The summed E-state index contributed by atoms with van der Waals surface area (Å²) in [7, 11) is 0. The quantitative estimate of drug-likeness (QED) is 0.598. The van der Waals surface area contributed by atoms with Gasteiger partial charge in [0.25, 0.3) is 0 Å². The second-order valence-electron chi connectivity index (χ2n) is 9.63. The lowest BCUT2D eigenvalue weighted by molar-refractivity contribution is -0.161. The highest BCUT2D eigenvalue weighted by Crippen LogP contribution is 2.35. The van der Waals surface area contributed by atoms with Crippen LogP contribution in [0.25, 0.3) is 22.2 Å². The zero-order valence-corrected chi connectivity index (χ0v) is 19.8. The first-order chi connectivity index (χ1) is 15.6. The maximum atomic E-state index is 13.7. The minimum Gasteiger partial charge on any atom is -0.479 e. The number of hydrogen-bond acceptors (Lipinski definition) is 6. The highest BCUT2D eigenvalue weighted by molar-refractivity contribution is 5.81. The van der Waals surface area contributed by atoms with Crippen molar-refractivity contribution < 1.29 is 19.1 Å². The Balaban J connectivity index is 2.00. The van der Waals surface area contributed by atoms with Gasteiger partial charge in [-0.25, -0.2) is 9.78 Å². The van der Waals surface area contributed by atoms with Crippen LogP contribution in [0.3, 0.4) is 0 Å². The molecule has 0 radical (unpaired) electrons. The summed E-state index contributed by atoms with van der Waals surface area (Å²) >= 11 is 0. The monoisotopic (exact) mass is 453 g/mol. The van der Waals surface area contributed by atoms with Gasteiger partial charge in [-0.2, -0.15) is 0 Å². The van der Waals surface area contributed by atoms with Crippen molar-refractivity contribution in [3.63, 3.8) is 0 Å². The van der Waals surface area contributed by atoms with E-state index < -0.39 is 17.7 Å². The van der Waals surface area contributed by atoms with Gasteiger partial charge in [0.1, 0.15) is 5.52 Å². The topological polar surface area (TPSA) is 107 Å². The largest absolute Gasteiger partial charge is 0.479 e.